The highest BCUT2D eigenvalue weighted by molar-refractivity contribution is 5.39. The molecule has 0 aliphatic heterocycles. The molecule has 2 saturated carbocycles. The van der Waals surface area contributed by atoms with Gasteiger partial charge in [-0.15, -0.1) is 0 Å². The number of hydrogen-bond acceptors (Lipinski definition) is 0. The standard InChI is InChI=1S/C7H8/c1-2-5-4(1)6-3-7(5)6/h1,5-7H,2-3H2. The molecule has 3 rings (SSSR count). The Morgan fingerprint density at radius 1 is 1.43 bits per heavy atom. The van der Waals surface area contributed by atoms with Crippen LogP contribution in [0, 0.1) is 17.8 Å². The zero-order valence-corrected chi connectivity index (χ0v) is 4.22. The van der Waals surface area contributed by atoms with Gasteiger partial charge in [0.1, 0.15) is 0 Å². The van der Waals surface area contributed by atoms with Gasteiger partial charge in [0.05, 0.1) is 0 Å². The van der Waals surface area contributed by atoms with Gasteiger partial charge >= 0.3 is 0 Å². The molecule has 0 heterocycles. The van der Waals surface area contributed by atoms with E-state index in [9.17, 15) is 0 Å². The van der Waals surface area contributed by atoms with Gasteiger partial charge in [0.25, 0.3) is 0 Å². The van der Waals surface area contributed by atoms with Gasteiger partial charge in [0.2, 0.25) is 0 Å². The third kappa shape index (κ3) is 0.155. The summed E-state index contributed by atoms with van der Waals surface area (Å²) in [7, 11) is 0. The van der Waals surface area contributed by atoms with Crippen molar-refractivity contribution in [2.75, 3.05) is 0 Å². The van der Waals surface area contributed by atoms with Crippen LogP contribution in [0.2, 0.25) is 0 Å². The van der Waals surface area contributed by atoms with E-state index >= 15 is 0 Å². The molecule has 0 spiro atoms. The molecule has 0 heteroatoms. The van der Waals surface area contributed by atoms with Crippen molar-refractivity contribution in [2.24, 2.45) is 17.8 Å². The highest BCUT2D eigenvalue weighted by atomic mass is 14.6. The second-order valence-electron chi connectivity index (χ2n) is 3.05. The smallest absolute Gasteiger partial charge is 0.0131 e. The summed E-state index contributed by atoms with van der Waals surface area (Å²) in [5, 5.41) is 0. The van der Waals surface area contributed by atoms with E-state index in [-0.39, 0.29) is 0 Å². The molecule has 0 N–H and O–H groups in total. The SMILES string of the molecule is C1=C2C(C1)C1CC21. The molecule has 0 nitrogen and oxygen atoms in total. The van der Waals surface area contributed by atoms with E-state index in [1.165, 1.54) is 12.3 Å². The molecule has 3 aliphatic rings. The molecule has 0 aromatic rings. The van der Waals surface area contributed by atoms with Crippen LogP contribution in [-0.4, -0.2) is 0 Å². The average molecular weight is 92.1 g/mol. The Balaban J connectivity index is 2.18. The van der Waals surface area contributed by atoms with E-state index in [1.807, 2.05) is 5.57 Å². The van der Waals surface area contributed by atoms with Crippen molar-refractivity contribution in [3.63, 3.8) is 0 Å². The number of allylic oxidation sites excluding steroid dienone is 2. The van der Waals surface area contributed by atoms with Gasteiger partial charge in [0, 0.05) is 0 Å². The summed E-state index contributed by atoms with van der Waals surface area (Å²) in [5.41, 5.74) is 1.82. The van der Waals surface area contributed by atoms with E-state index in [1.54, 1.807) is 6.42 Å². The van der Waals surface area contributed by atoms with Gasteiger partial charge in [-0.25, -0.2) is 0 Å². The van der Waals surface area contributed by atoms with Gasteiger partial charge in [-0.05, 0) is 30.6 Å². The molecule has 0 aromatic carbocycles. The van der Waals surface area contributed by atoms with Gasteiger partial charge in [-0.2, -0.15) is 0 Å². The molecule has 36 valence electrons. The Morgan fingerprint density at radius 3 is 2.71 bits per heavy atom. The first-order chi connectivity index (χ1) is 3.47. The van der Waals surface area contributed by atoms with Crippen molar-refractivity contribution < 1.29 is 0 Å². The molecule has 3 atom stereocenters. The van der Waals surface area contributed by atoms with Crippen molar-refractivity contribution in [3.8, 4) is 0 Å². The van der Waals surface area contributed by atoms with E-state index < -0.39 is 0 Å². The number of hydrogen-bond donors (Lipinski definition) is 0. The van der Waals surface area contributed by atoms with E-state index in [4.69, 9.17) is 0 Å². The van der Waals surface area contributed by atoms with E-state index in [0.717, 1.165) is 11.8 Å². The lowest BCUT2D eigenvalue weighted by molar-refractivity contribution is 0.367. The minimum atomic E-state index is 1.12. The second kappa shape index (κ2) is 0.594. The lowest BCUT2D eigenvalue weighted by Crippen LogP contribution is -2.26. The van der Waals surface area contributed by atoms with Crippen molar-refractivity contribution in [1.29, 1.82) is 0 Å². The number of rotatable bonds is 0. The zero-order valence-electron chi connectivity index (χ0n) is 4.22. The van der Waals surface area contributed by atoms with Crippen molar-refractivity contribution in [3.05, 3.63) is 11.6 Å². The summed E-state index contributed by atoms with van der Waals surface area (Å²) >= 11 is 0. The molecule has 0 amide bonds. The van der Waals surface area contributed by atoms with Crippen LogP contribution < -0.4 is 0 Å². The van der Waals surface area contributed by atoms with Crippen molar-refractivity contribution >= 4 is 0 Å². The quantitative estimate of drug-likeness (QED) is 0.398. The molecular formula is C7H8. The second-order valence-corrected chi connectivity index (χ2v) is 3.05. The maximum atomic E-state index is 2.43. The van der Waals surface area contributed by atoms with Crippen molar-refractivity contribution in [1.82, 2.24) is 0 Å². The Morgan fingerprint density at radius 2 is 2.43 bits per heavy atom. The third-order valence-electron chi connectivity index (χ3n) is 2.82. The fourth-order valence-electron chi connectivity index (χ4n) is 2.16. The summed E-state index contributed by atoms with van der Waals surface area (Å²) in [5.74, 6) is 3.43. The summed E-state index contributed by atoms with van der Waals surface area (Å²) in [4.78, 5) is 0. The van der Waals surface area contributed by atoms with Crippen molar-refractivity contribution in [2.45, 2.75) is 12.8 Å². The molecule has 0 radical (unpaired) electrons. The third-order valence-corrected chi connectivity index (χ3v) is 2.82. The Bertz CT molecular complexity index is 155. The normalized spacial score (nSPS) is 60.6. The molecule has 7 heavy (non-hydrogen) atoms. The van der Waals surface area contributed by atoms with Crippen LogP contribution in [0.5, 0.6) is 0 Å². The highest BCUT2D eigenvalue weighted by Gasteiger charge is 2.59. The van der Waals surface area contributed by atoms with Crippen LogP contribution in [0.3, 0.4) is 0 Å². The first-order valence-corrected chi connectivity index (χ1v) is 3.17. The maximum absolute atomic E-state index is 2.43. The first kappa shape index (κ1) is 2.91. The minimum Gasteiger partial charge on any atom is -0.0841 e. The Hall–Kier alpha value is -0.260. The summed E-state index contributed by atoms with van der Waals surface area (Å²) in [6.07, 6.45) is 5.41. The predicted octanol–water partition coefficient (Wildman–Crippen LogP) is 1.58. The topological polar surface area (TPSA) is 0 Å². The zero-order chi connectivity index (χ0) is 4.43. The van der Waals surface area contributed by atoms with Gasteiger partial charge in [-0.3, -0.25) is 0 Å². The molecular weight excluding hydrogens is 84.1 g/mol. The largest absolute Gasteiger partial charge is 0.0841 e. The molecule has 3 aliphatic carbocycles. The summed E-state index contributed by atoms with van der Waals surface area (Å²) in [6, 6.07) is 0. The van der Waals surface area contributed by atoms with Crippen LogP contribution >= 0.6 is 0 Å². The first-order valence-electron chi connectivity index (χ1n) is 3.17. The minimum absolute atomic E-state index is 1.12. The fourth-order valence-corrected chi connectivity index (χ4v) is 2.16. The van der Waals surface area contributed by atoms with E-state index in [0.29, 0.717) is 0 Å². The lowest BCUT2D eigenvalue weighted by atomic mass is 9.69. The monoisotopic (exact) mass is 92.1 g/mol. The molecule has 3 unspecified atom stereocenters. The Kier molecular flexibility index (Phi) is 0.247. The average Bonchev–Trinajstić information content (AvgIpc) is 2.14. The van der Waals surface area contributed by atoms with Crippen LogP contribution in [0.4, 0.5) is 0 Å². The predicted molar refractivity (Wildman–Crippen MR) is 27.8 cm³/mol. The summed E-state index contributed by atoms with van der Waals surface area (Å²) in [6.45, 7) is 0. The number of fused-ring (bicyclic) bond motifs is 4. The molecule has 0 saturated heterocycles. The van der Waals surface area contributed by atoms with Crippen LogP contribution in [0.1, 0.15) is 12.8 Å². The molecule has 2 fully saturated rings. The summed E-state index contributed by atoms with van der Waals surface area (Å²) < 4.78 is 0. The van der Waals surface area contributed by atoms with Crippen LogP contribution in [-0.2, 0) is 0 Å². The Labute approximate surface area is 43.2 Å². The van der Waals surface area contributed by atoms with E-state index in [2.05, 4.69) is 6.08 Å². The molecule has 0 aromatic heterocycles. The maximum Gasteiger partial charge on any atom is -0.0131 e. The lowest BCUT2D eigenvalue weighted by Gasteiger charge is -2.36. The highest BCUT2D eigenvalue weighted by Crippen LogP contribution is 2.68. The van der Waals surface area contributed by atoms with Crippen LogP contribution in [0.15, 0.2) is 11.6 Å². The van der Waals surface area contributed by atoms with Gasteiger partial charge in [-0.1, -0.05) is 11.6 Å². The fraction of sp³-hybridized carbons (Fsp3) is 0.714. The van der Waals surface area contributed by atoms with Gasteiger partial charge in [0.15, 0.2) is 0 Å². The molecule has 0 bridgehead atoms. The van der Waals surface area contributed by atoms with Crippen LogP contribution in [0.25, 0.3) is 0 Å². The van der Waals surface area contributed by atoms with Gasteiger partial charge < -0.3 is 0 Å².